The molecule has 2 aromatic heterocycles. The number of ether oxygens (including phenoxy) is 2. The van der Waals surface area contributed by atoms with E-state index in [4.69, 9.17) is 9.47 Å². The van der Waals surface area contributed by atoms with E-state index in [1.165, 1.54) is 0 Å². The number of H-pyrrole nitrogens is 1. The van der Waals surface area contributed by atoms with Gasteiger partial charge >= 0.3 is 0 Å². The molecule has 0 aliphatic carbocycles. The highest BCUT2D eigenvalue weighted by Crippen LogP contribution is 2.34. The largest absolute Gasteiger partial charge is 0.489 e. The average molecular weight is 281 g/mol. The van der Waals surface area contributed by atoms with Crippen molar-refractivity contribution in [3.63, 3.8) is 0 Å². The van der Waals surface area contributed by atoms with Crippen LogP contribution in [0, 0.1) is 6.92 Å². The topological polar surface area (TPSA) is 60.0 Å². The van der Waals surface area contributed by atoms with Crippen LogP contribution in [0.15, 0.2) is 30.5 Å². The Bertz CT molecular complexity index is 750. The number of nitrogens with zero attached hydrogens (tertiary/aromatic N) is 2. The number of pyridine rings is 1. The lowest BCUT2D eigenvalue weighted by Gasteiger charge is -2.05. The molecule has 3 heterocycles. The van der Waals surface area contributed by atoms with Gasteiger partial charge in [-0.05, 0) is 19.1 Å². The van der Waals surface area contributed by atoms with Gasteiger partial charge in [0.15, 0.2) is 11.5 Å². The zero-order valence-electron chi connectivity index (χ0n) is 11.7. The van der Waals surface area contributed by atoms with Crippen molar-refractivity contribution in [3.8, 4) is 22.9 Å². The molecule has 21 heavy (non-hydrogen) atoms. The first kappa shape index (κ1) is 12.2. The number of benzene rings is 1. The second kappa shape index (κ2) is 4.77. The van der Waals surface area contributed by atoms with Crippen LogP contribution < -0.4 is 9.47 Å². The molecule has 4 rings (SSSR count). The number of rotatable bonds is 1. The van der Waals surface area contributed by atoms with Crippen molar-refractivity contribution in [1.82, 2.24) is 15.0 Å². The quantitative estimate of drug-likeness (QED) is 0.744. The highest BCUT2D eigenvalue weighted by Gasteiger charge is 2.14. The standard InChI is InChI=1S/C16H15N3O2/c1-10-3-4-11(9-17-10)16-18-12-7-14-15(8-13(12)19-16)21-6-2-5-20-14/h3-4,7-9H,2,5-6H2,1H3,(H,18,19). The molecule has 0 spiro atoms. The fourth-order valence-corrected chi connectivity index (χ4v) is 2.41. The molecule has 5 heteroatoms. The van der Waals surface area contributed by atoms with E-state index in [0.29, 0.717) is 13.2 Å². The maximum atomic E-state index is 5.70. The van der Waals surface area contributed by atoms with Crippen LogP contribution in [-0.4, -0.2) is 28.2 Å². The highest BCUT2D eigenvalue weighted by molar-refractivity contribution is 5.83. The van der Waals surface area contributed by atoms with Crippen molar-refractivity contribution in [1.29, 1.82) is 0 Å². The van der Waals surface area contributed by atoms with Crippen LogP contribution in [-0.2, 0) is 0 Å². The first-order valence-corrected chi connectivity index (χ1v) is 7.02. The molecule has 106 valence electrons. The predicted octanol–water partition coefficient (Wildman–Crippen LogP) is 3.09. The summed E-state index contributed by atoms with van der Waals surface area (Å²) in [5.41, 5.74) is 3.77. The Morgan fingerprint density at radius 3 is 2.67 bits per heavy atom. The first-order chi connectivity index (χ1) is 10.3. The normalized spacial score (nSPS) is 14.1. The second-order valence-electron chi connectivity index (χ2n) is 5.14. The average Bonchev–Trinajstić information content (AvgIpc) is 2.76. The molecular weight excluding hydrogens is 266 g/mol. The van der Waals surface area contributed by atoms with E-state index in [1.807, 2.05) is 37.4 Å². The number of aromatic nitrogens is 3. The number of imidazole rings is 1. The molecule has 0 bridgehead atoms. The third-order valence-corrected chi connectivity index (χ3v) is 3.54. The van der Waals surface area contributed by atoms with Gasteiger partial charge in [-0.2, -0.15) is 0 Å². The van der Waals surface area contributed by atoms with E-state index in [9.17, 15) is 0 Å². The molecule has 0 saturated carbocycles. The van der Waals surface area contributed by atoms with Crippen LogP contribution in [0.1, 0.15) is 12.1 Å². The zero-order chi connectivity index (χ0) is 14.2. The third-order valence-electron chi connectivity index (χ3n) is 3.54. The van der Waals surface area contributed by atoms with E-state index >= 15 is 0 Å². The van der Waals surface area contributed by atoms with Crippen molar-refractivity contribution >= 4 is 11.0 Å². The minimum atomic E-state index is 0.678. The van der Waals surface area contributed by atoms with Gasteiger partial charge in [0.05, 0.1) is 24.2 Å². The molecule has 0 radical (unpaired) electrons. The molecule has 3 aromatic rings. The second-order valence-corrected chi connectivity index (χ2v) is 5.14. The maximum Gasteiger partial charge on any atom is 0.163 e. The van der Waals surface area contributed by atoms with Gasteiger partial charge in [0.1, 0.15) is 5.82 Å². The molecule has 0 amide bonds. The van der Waals surface area contributed by atoms with Crippen LogP contribution in [0.3, 0.4) is 0 Å². The van der Waals surface area contributed by atoms with Gasteiger partial charge in [-0.3, -0.25) is 4.98 Å². The summed E-state index contributed by atoms with van der Waals surface area (Å²) in [6, 6.07) is 7.87. The highest BCUT2D eigenvalue weighted by atomic mass is 16.5. The zero-order valence-corrected chi connectivity index (χ0v) is 11.7. The summed E-state index contributed by atoms with van der Waals surface area (Å²) in [5, 5.41) is 0. The smallest absolute Gasteiger partial charge is 0.163 e. The van der Waals surface area contributed by atoms with Crippen LogP contribution in [0.25, 0.3) is 22.4 Å². The monoisotopic (exact) mass is 281 g/mol. The SMILES string of the molecule is Cc1ccc(-c2nc3cc4c(cc3[nH]2)OCCCO4)cn1. The predicted molar refractivity (Wildman–Crippen MR) is 79.7 cm³/mol. The Labute approximate surface area is 121 Å². The Hall–Kier alpha value is -2.56. The number of hydrogen-bond donors (Lipinski definition) is 1. The number of aromatic amines is 1. The van der Waals surface area contributed by atoms with Gasteiger partial charge in [-0.1, -0.05) is 0 Å². The van der Waals surface area contributed by atoms with Crippen molar-refractivity contribution in [2.45, 2.75) is 13.3 Å². The van der Waals surface area contributed by atoms with Gasteiger partial charge in [0, 0.05) is 36.0 Å². The van der Waals surface area contributed by atoms with Gasteiger partial charge < -0.3 is 14.5 Å². The summed E-state index contributed by atoms with van der Waals surface area (Å²) in [4.78, 5) is 12.2. The summed E-state index contributed by atoms with van der Waals surface area (Å²) < 4.78 is 11.4. The van der Waals surface area contributed by atoms with Gasteiger partial charge in [0.25, 0.3) is 0 Å². The summed E-state index contributed by atoms with van der Waals surface area (Å²) >= 11 is 0. The van der Waals surface area contributed by atoms with E-state index < -0.39 is 0 Å². The van der Waals surface area contributed by atoms with Crippen LogP contribution >= 0.6 is 0 Å². The van der Waals surface area contributed by atoms with Crippen molar-refractivity contribution in [2.24, 2.45) is 0 Å². The van der Waals surface area contributed by atoms with Crippen LogP contribution in [0.4, 0.5) is 0 Å². The molecule has 1 aliphatic heterocycles. The number of nitrogens with one attached hydrogen (secondary N) is 1. The molecule has 0 saturated heterocycles. The van der Waals surface area contributed by atoms with Crippen molar-refractivity contribution in [2.75, 3.05) is 13.2 Å². The van der Waals surface area contributed by atoms with Crippen LogP contribution in [0.2, 0.25) is 0 Å². The van der Waals surface area contributed by atoms with E-state index in [-0.39, 0.29) is 0 Å². The minimum absolute atomic E-state index is 0.678. The molecule has 1 aromatic carbocycles. The van der Waals surface area contributed by atoms with Crippen molar-refractivity contribution in [3.05, 3.63) is 36.2 Å². The lowest BCUT2D eigenvalue weighted by atomic mass is 10.2. The third kappa shape index (κ3) is 2.20. The molecule has 0 atom stereocenters. The molecule has 1 N–H and O–H groups in total. The first-order valence-electron chi connectivity index (χ1n) is 7.02. The van der Waals surface area contributed by atoms with Crippen LogP contribution in [0.5, 0.6) is 11.5 Å². The minimum Gasteiger partial charge on any atom is -0.489 e. The fraction of sp³-hybridized carbons (Fsp3) is 0.250. The Balaban J connectivity index is 1.81. The summed E-state index contributed by atoms with van der Waals surface area (Å²) in [6.07, 6.45) is 2.72. The number of aryl methyl sites for hydroxylation is 1. The van der Waals surface area contributed by atoms with Gasteiger partial charge in [0.2, 0.25) is 0 Å². The van der Waals surface area contributed by atoms with Gasteiger partial charge in [-0.25, -0.2) is 4.98 Å². The lowest BCUT2D eigenvalue weighted by Crippen LogP contribution is -1.97. The molecule has 1 aliphatic rings. The van der Waals surface area contributed by atoms with E-state index in [0.717, 1.165) is 46.0 Å². The fourth-order valence-electron chi connectivity index (χ4n) is 2.41. The molecular formula is C16H15N3O2. The molecule has 0 unspecified atom stereocenters. The van der Waals surface area contributed by atoms with Gasteiger partial charge in [-0.15, -0.1) is 0 Å². The Kier molecular flexibility index (Phi) is 2.77. The lowest BCUT2D eigenvalue weighted by molar-refractivity contribution is 0.297. The summed E-state index contributed by atoms with van der Waals surface area (Å²) in [5.74, 6) is 2.34. The van der Waals surface area contributed by atoms with E-state index in [2.05, 4.69) is 15.0 Å². The number of hydrogen-bond acceptors (Lipinski definition) is 4. The molecule has 5 nitrogen and oxygen atoms in total. The van der Waals surface area contributed by atoms with E-state index in [1.54, 1.807) is 0 Å². The van der Waals surface area contributed by atoms with Crippen molar-refractivity contribution < 1.29 is 9.47 Å². The Morgan fingerprint density at radius 2 is 1.90 bits per heavy atom. The summed E-state index contributed by atoms with van der Waals surface area (Å²) in [6.45, 7) is 3.33. The molecule has 0 fully saturated rings. The maximum absolute atomic E-state index is 5.70. The Morgan fingerprint density at radius 1 is 1.10 bits per heavy atom. The number of fused-ring (bicyclic) bond motifs is 2. The summed E-state index contributed by atoms with van der Waals surface area (Å²) in [7, 11) is 0.